The fourth-order valence-corrected chi connectivity index (χ4v) is 1.50. The third kappa shape index (κ3) is 2.35. The van der Waals surface area contributed by atoms with E-state index in [0.29, 0.717) is 12.2 Å². The van der Waals surface area contributed by atoms with Gasteiger partial charge in [-0.25, -0.2) is 0 Å². The molecule has 0 N–H and O–H groups in total. The van der Waals surface area contributed by atoms with E-state index in [2.05, 4.69) is 5.16 Å². The molecule has 0 saturated carbocycles. The van der Waals surface area contributed by atoms with Crippen molar-refractivity contribution in [3.8, 4) is 0 Å². The highest BCUT2D eigenvalue weighted by molar-refractivity contribution is 5.95. The van der Waals surface area contributed by atoms with Crippen LogP contribution in [0.4, 0.5) is 0 Å². The van der Waals surface area contributed by atoms with Crippen LogP contribution in [0.2, 0.25) is 0 Å². The third-order valence-electron chi connectivity index (χ3n) is 2.23. The molecule has 0 atom stereocenters. The van der Waals surface area contributed by atoms with Crippen LogP contribution in [0.3, 0.4) is 0 Å². The minimum atomic E-state index is 0.0454. The van der Waals surface area contributed by atoms with Crippen molar-refractivity contribution in [3.05, 3.63) is 23.1 Å². The second-order valence-corrected chi connectivity index (χ2v) is 3.09. The number of nitrogens with zero attached hydrogens (tertiary/aromatic N) is 1. The number of carbonyl (C=O) groups excluding carboxylic acids is 1. The van der Waals surface area contributed by atoms with Crippen molar-refractivity contribution in [3.63, 3.8) is 0 Å². The van der Waals surface area contributed by atoms with Crippen LogP contribution in [0.1, 0.15) is 55.4 Å². The fraction of sp³-hybridized carbons (Fsp3) is 0.500. The number of hydrogen-bond donors (Lipinski definition) is 0. The lowest BCUT2D eigenvalue weighted by molar-refractivity contribution is 0.0951. The first kappa shape index (κ1) is 11.7. The Kier molecular flexibility index (Phi) is 4.28. The summed E-state index contributed by atoms with van der Waals surface area (Å²) in [5, 5.41) is 3.84. The molecule has 1 aromatic rings. The Morgan fingerprint density at radius 3 is 2.93 bits per heavy atom. The standard InChI is InChI=1S/C10H11NO2.C2H6/c1-2-9(12)10-7-5-3-4-6-8(7)11-13-10;1-2/h4,6H,2-3,5H2,1H3;1-2H3. The molecule has 0 aliphatic heterocycles. The van der Waals surface area contributed by atoms with Gasteiger partial charge in [0.2, 0.25) is 11.5 Å². The minimum absolute atomic E-state index is 0.0454. The molecule has 3 nitrogen and oxygen atoms in total. The van der Waals surface area contributed by atoms with E-state index >= 15 is 0 Å². The van der Waals surface area contributed by atoms with Crippen molar-refractivity contribution < 1.29 is 9.32 Å². The van der Waals surface area contributed by atoms with Gasteiger partial charge in [0.05, 0.1) is 0 Å². The number of ketones is 1. The second-order valence-electron chi connectivity index (χ2n) is 3.09. The van der Waals surface area contributed by atoms with Crippen molar-refractivity contribution in [2.45, 2.75) is 40.0 Å². The van der Waals surface area contributed by atoms with Crippen LogP contribution in [-0.2, 0) is 6.42 Å². The van der Waals surface area contributed by atoms with Crippen LogP contribution in [0.25, 0.3) is 6.08 Å². The molecular formula is C12H17NO2. The Labute approximate surface area is 90.2 Å². The number of allylic oxidation sites excluding steroid dienone is 1. The average molecular weight is 207 g/mol. The van der Waals surface area contributed by atoms with E-state index in [4.69, 9.17) is 4.52 Å². The quantitative estimate of drug-likeness (QED) is 0.699. The highest BCUT2D eigenvalue weighted by Gasteiger charge is 2.20. The second kappa shape index (κ2) is 5.49. The summed E-state index contributed by atoms with van der Waals surface area (Å²) in [6.45, 7) is 5.83. The van der Waals surface area contributed by atoms with Crippen molar-refractivity contribution >= 4 is 11.9 Å². The van der Waals surface area contributed by atoms with Gasteiger partial charge >= 0.3 is 0 Å². The Morgan fingerprint density at radius 1 is 1.53 bits per heavy atom. The van der Waals surface area contributed by atoms with Gasteiger partial charge in [0.15, 0.2) is 0 Å². The minimum Gasteiger partial charge on any atom is -0.352 e. The number of carbonyl (C=O) groups is 1. The fourth-order valence-electron chi connectivity index (χ4n) is 1.50. The Bertz CT molecular complexity index is 364. The maximum Gasteiger partial charge on any atom is 0.206 e. The van der Waals surface area contributed by atoms with Crippen LogP contribution >= 0.6 is 0 Å². The molecule has 0 fully saturated rings. The van der Waals surface area contributed by atoms with Crippen LogP contribution in [0.5, 0.6) is 0 Å². The highest BCUT2D eigenvalue weighted by Crippen LogP contribution is 2.22. The first-order valence-corrected chi connectivity index (χ1v) is 5.51. The predicted molar refractivity (Wildman–Crippen MR) is 59.8 cm³/mol. The first-order valence-electron chi connectivity index (χ1n) is 5.51. The van der Waals surface area contributed by atoms with Gasteiger partial charge in [-0.15, -0.1) is 0 Å². The molecule has 1 aromatic heterocycles. The summed E-state index contributed by atoms with van der Waals surface area (Å²) in [4.78, 5) is 11.4. The summed E-state index contributed by atoms with van der Waals surface area (Å²) in [5.74, 6) is 0.505. The smallest absolute Gasteiger partial charge is 0.206 e. The van der Waals surface area contributed by atoms with Gasteiger partial charge in [-0.3, -0.25) is 4.79 Å². The Morgan fingerprint density at radius 2 is 2.27 bits per heavy atom. The van der Waals surface area contributed by atoms with Crippen LogP contribution in [0, 0.1) is 0 Å². The maximum atomic E-state index is 11.4. The van der Waals surface area contributed by atoms with Gasteiger partial charge in [0.25, 0.3) is 0 Å². The first-order chi connectivity index (χ1) is 7.33. The molecule has 0 amide bonds. The molecule has 0 aromatic carbocycles. The zero-order valence-electron chi connectivity index (χ0n) is 9.54. The number of fused-ring (bicyclic) bond motifs is 1. The van der Waals surface area contributed by atoms with Crippen LogP contribution < -0.4 is 0 Å². The zero-order chi connectivity index (χ0) is 11.3. The van der Waals surface area contributed by atoms with Crippen molar-refractivity contribution in [1.29, 1.82) is 0 Å². The van der Waals surface area contributed by atoms with Gasteiger partial charge in [0, 0.05) is 12.0 Å². The monoisotopic (exact) mass is 207 g/mol. The van der Waals surface area contributed by atoms with E-state index < -0.39 is 0 Å². The van der Waals surface area contributed by atoms with Crippen molar-refractivity contribution in [2.24, 2.45) is 0 Å². The topological polar surface area (TPSA) is 43.1 Å². The third-order valence-corrected chi connectivity index (χ3v) is 2.23. The number of rotatable bonds is 2. The molecule has 0 unspecified atom stereocenters. The largest absolute Gasteiger partial charge is 0.352 e. The molecule has 1 aliphatic rings. The molecule has 3 heteroatoms. The molecule has 2 rings (SSSR count). The summed E-state index contributed by atoms with van der Waals surface area (Å²) in [7, 11) is 0. The maximum absolute atomic E-state index is 11.4. The molecule has 0 bridgehead atoms. The van der Waals surface area contributed by atoms with Crippen LogP contribution in [-0.4, -0.2) is 10.9 Å². The van der Waals surface area contributed by atoms with E-state index in [0.717, 1.165) is 24.1 Å². The van der Waals surface area contributed by atoms with Gasteiger partial charge in [-0.05, 0) is 18.9 Å². The summed E-state index contributed by atoms with van der Waals surface area (Å²) in [6.07, 6.45) is 6.28. The summed E-state index contributed by atoms with van der Waals surface area (Å²) in [6, 6.07) is 0. The van der Waals surface area contributed by atoms with E-state index in [1.807, 2.05) is 32.9 Å². The zero-order valence-corrected chi connectivity index (χ0v) is 9.54. The molecule has 0 spiro atoms. The molecule has 1 heterocycles. The highest BCUT2D eigenvalue weighted by atomic mass is 16.5. The predicted octanol–water partition coefficient (Wildman–Crippen LogP) is 3.25. The molecule has 1 aliphatic carbocycles. The lowest BCUT2D eigenvalue weighted by Crippen LogP contribution is -2.01. The number of Topliss-reactive ketones (excluding diaryl/α,β-unsaturated/α-hetero) is 1. The SMILES string of the molecule is CC.CCC(=O)c1onc2c1CCC=C2. The Hall–Kier alpha value is -1.38. The van der Waals surface area contributed by atoms with Gasteiger partial charge in [-0.1, -0.05) is 32.0 Å². The summed E-state index contributed by atoms with van der Waals surface area (Å²) >= 11 is 0. The van der Waals surface area contributed by atoms with E-state index in [-0.39, 0.29) is 5.78 Å². The number of aromatic nitrogens is 1. The number of hydrogen-bond acceptors (Lipinski definition) is 3. The lowest BCUT2D eigenvalue weighted by Gasteiger charge is -2.02. The van der Waals surface area contributed by atoms with Gasteiger partial charge in [0.1, 0.15) is 5.69 Å². The summed E-state index contributed by atoms with van der Waals surface area (Å²) in [5.41, 5.74) is 1.80. The van der Waals surface area contributed by atoms with Crippen molar-refractivity contribution in [1.82, 2.24) is 5.16 Å². The van der Waals surface area contributed by atoms with Gasteiger partial charge in [-0.2, -0.15) is 0 Å². The Balaban J connectivity index is 0.000000531. The molecule has 0 radical (unpaired) electrons. The van der Waals surface area contributed by atoms with Gasteiger partial charge < -0.3 is 4.52 Å². The molecule has 15 heavy (non-hydrogen) atoms. The van der Waals surface area contributed by atoms with E-state index in [1.165, 1.54) is 0 Å². The average Bonchev–Trinajstić information content (AvgIpc) is 2.74. The van der Waals surface area contributed by atoms with E-state index in [9.17, 15) is 4.79 Å². The molecular weight excluding hydrogens is 190 g/mol. The molecule has 82 valence electrons. The van der Waals surface area contributed by atoms with Crippen LogP contribution in [0.15, 0.2) is 10.6 Å². The van der Waals surface area contributed by atoms with E-state index in [1.54, 1.807) is 0 Å². The normalized spacial score (nSPS) is 12.7. The summed E-state index contributed by atoms with van der Waals surface area (Å²) < 4.78 is 5.02. The molecule has 0 saturated heterocycles. The van der Waals surface area contributed by atoms with Crippen molar-refractivity contribution in [2.75, 3.05) is 0 Å². The lowest BCUT2D eigenvalue weighted by atomic mass is 10.00.